The highest BCUT2D eigenvalue weighted by Crippen LogP contribution is 2.46. The lowest BCUT2D eigenvalue weighted by molar-refractivity contribution is -0.147. The number of para-hydroxylation sites is 1. The van der Waals surface area contributed by atoms with Gasteiger partial charge in [0.05, 0.1) is 12.8 Å². The number of hydrogen-bond donors (Lipinski definition) is 2. The number of carboxylic acid groups (broad SMARTS) is 1. The summed E-state index contributed by atoms with van der Waals surface area (Å²) >= 11 is 0. The third-order valence-electron chi connectivity index (χ3n) is 3.26. The third kappa shape index (κ3) is 1.78. The summed E-state index contributed by atoms with van der Waals surface area (Å²) in [5, 5.41) is 12.2. The molecule has 1 aliphatic heterocycles. The molecule has 1 aliphatic rings. The average molecular weight is 261 g/mol. The zero-order chi connectivity index (χ0) is 14.2. The van der Waals surface area contributed by atoms with Gasteiger partial charge >= 0.3 is 5.97 Å². The van der Waals surface area contributed by atoms with Gasteiger partial charge in [0.1, 0.15) is 5.75 Å². The third-order valence-corrected chi connectivity index (χ3v) is 3.26. The van der Waals surface area contributed by atoms with Gasteiger partial charge < -0.3 is 15.2 Å². The monoisotopic (exact) mass is 261 g/mol. The summed E-state index contributed by atoms with van der Waals surface area (Å²) in [5.41, 5.74) is -0.130. The van der Waals surface area contributed by atoms with Crippen molar-refractivity contribution in [2.75, 3.05) is 12.4 Å². The number of allylic oxidation sites excluding steroid dienone is 1. The van der Waals surface area contributed by atoms with Crippen molar-refractivity contribution in [3.63, 3.8) is 0 Å². The molecule has 0 aromatic heterocycles. The van der Waals surface area contributed by atoms with Gasteiger partial charge in [-0.15, -0.1) is 6.58 Å². The molecule has 1 atom stereocenters. The normalized spacial score (nSPS) is 20.6. The number of ether oxygens (including phenoxy) is 1. The van der Waals surface area contributed by atoms with E-state index < -0.39 is 17.3 Å². The molecule has 1 aromatic rings. The Bertz CT molecular complexity index is 579. The van der Waals surface area contributed by atoms with Crippen LogP contribution in [0.3, 0.4) is 0 Å². The van der Waals surface area contributed by atoms with E-state index in [2.05, 4.69) is 11.9 Å². The zero-order valence-corrected chi connectivity index (χ0v) is 10.8. The van der Waals surface area contributed by atoms with Crippen molar-refractivity contribution in [3.8, 4) is 5.75 Å². The maximum absolute atomic E-state index is 12.2. The Kier molecular flexibility index (Phi) is 3.06. The first-order valence-electron chi connectivity index (χ1n) is 5.80. The number of carboxylic acids is 1. The molecule has 1 heterocycles. The maximum atomic E-state index is 12.2. The molecule has 100 valence electrons. The van der Waals surface area contributed by atoms with Gasteiger partial charge in [-0.25, -0.2) is 0 Å². The predicted molar refractivity (Wildman–Crippen MR) is 70.4 cm³/mol. The molecule has 2 N–H and O–H groups in total. The van der Waals surface area contributed by atoms with Gasteiger partial charge in [-0.3, -0.25) is 9.59 Å². The minimum absolute atomic E-state index is 0.0638. The first-order valence-corrected chi connectivity index (χ1v) is 5.80. The second kappa shape index (κ2) is 4.42. The van der Waals surface area contributed by atoms with Gasteiger partial charge in [-0.05, 0) is 19.4 Å². The first-order chi connectivity index (χ1) is 8.93. The smallest absolute Gasteiger partial charge is 0.324 e. The van der Waals surface area contributed by atoms with Crippen LogP contribution >= 0.6 is 0 Å². The number of carbonyl (C=O) groups excluding carboxylic acids is 1. The Hall–Kier alpha value is -2.30. The Balaban J connectivity index is 2.68. The number of carbonyl (C=O) groups is 2. The summed E-state index contributed by atoms with van der Waals surface area (Å²) in [5.74, 6) is -1.28. The highest BCUT2D eigenvalue weighted by Gasteiger charge is 2.54. The molecule has 2 rings (SSSR count). The molecule has 0 saturated carbocycles. The number of hydrogen-bond acceptors (Lipinski definition) is 3. The van der Waals surface area contributed by atoms with E-state index in [1.165, 1.54) is 7.11 Å². The second-order valence-electron chi connectivity index (χ2n) is 4.68. The van der Waals surface area contributed by atoms with Crippen LogP contribution in [0.25, 0.3) is 0 Å². The number of benzene rings is 1. The quantitative estimate of drug-likeness (QED) is 0.641. The van der Waals surface area contributed by atoms with Crippen molar-refractivity contribution >= 4 is 17.6 Å². The molecule has 1 unspecified atom stereocenters. The van der Waals surface area contributed by atoms with E-state index in [1.54, 1.807) is 25.1 Å². The molecule has 0 saturated heterocycles. The fourth-order valence-electron chi connectivity index (χ4n) is 2.44. The molecule has 5 nitrogen and oxygen atoms in total. The minimum Gasteiger partial charge on any atom is -0.495 e. The van der Waals surface area contributed by atoms with Gasteiger partial charge in [0.25, 0.3) is 0 Å². The molecule has 0 aliphatic carbocycles. The number of anilines is 1. The largest absolute Gasteiger partial charge is 0.495 e. The maximum Gasteiger partial charge on any atom is 0.324 e. The Labute approximate surface area is 110 Å². The Morgan fingerprint density at radius 1 is 1.53 bits per heavy atom. The van der Waals surface area contributed by atoms with Crippen LogP contribution in [0.2, 0.25) is 0 Å². The number of aliphatic carboxylic acids is 1. The first kappa shape index (κ1) is 13.1. The standard InChI is InChI=1S/C14H15NO4/c1-8(2)7-14(13(17)18)9-5-4-6-10(19-3)11(9)15-12(14)16/h4-6H,1,7H2,2-3H3,(H,15,16)(H,17,18). The van der Waals surface area contributed by atoms with E-state index in [1.807, 2.05) is 0 Å². The van der Waals surface area contributed by atoms with Crippen LogP contribution in [0, 0.1) is 0 Å². The van der Waals surface area contributed by atoms with Crippen LogP contribution in [0.1, 0.15) is 18.9 Å². The number of fused-ring (bicyclic) bond motifs is 1. The molecule has 19 heavy (non-hydrogen) atoms. The molecule has 5 heteroatoms. The van der Waals surface area contributed by atoms with Crippen molar-refractivity contribution < 1.29 is 19.4 Å². The van der Waals surface area contributed by atoms with Crippen LogP contribution in [0.4, 0.5) is 5.69 Å². The van der Waals surface area contributed by atoms with E-state index in [0.29, 0.717) is 22.6 Å². The predicted octanol–water partition coefficient (Wildman–Crippen LogP) is 1.94. The van der Waals surface area contributed by atoms with Crippen LogP contribution in [-0.4, -0.2) is 24.1 Å². The lowest BCUT2D eigenvalue weighted by Crippen LogP contribution is -2.42. The number of amides is 1. The Morgan fingerprint density at radius 3 is 2.74 bits per heavy atom. The summed E-state index contributed by atoms with van der Waals surface area (Å²) in [4.78, 5) is 23.9. The van der Waals surface area contributed by atoms with Gasteiger partial charge in [0.15, 0.2) is 5.41 Å². The highest BCUT2D eigenvalue weighted by molar-refractivity contribution is 6.19. The fraction of sp³-hybridized carbons (Fsp3) is 0.286. The molecule has 0 spiro atoms. The van der Waals surface area contributed by atoms with Crippen molar-refractivity contribution in [3.05, 3.63) is 35.9 Å². The van der Waals surface area contributed by atoms with E-state index in [4.69, 9.17) is 4.74 Å². The fourth-order valence-corrected chi connectivity index (χ4v) is 2.44. The molecule has 1 aromatic carbocycles. The van der Waals surface area contributed by atoms with Crippen LogP contribution in [0.5, 0.6) is 5.75 Å². The molecule has 0 radical (unpaired) electrons. The highest BCUT2D eigenvalue weighted by atomic mass is 16.5. The van der Waals surface area contributed by atoms with Crippen molar-refractivity contribution in [2.45, 2.75) is 18.8 Å². The van der Waals surface area contributed by atoms with Crippen molar-refractivity contribution in [2.24, 2.45) is 0 Å². The average Bonchev–Trinajstić information content (AvgIpc) is 2.62. The SMILES string of the molecule is C=C(C)CC1(C(=O)O)C(=O)Nc2c(OC)cccc21. The van der Waals surface area contributed by atoms with E-state index >= 15 is 0 Å². The second-order valence-corrected chi connectivity index (χ2v) is 4.68. The van der Waals surface area contributed by atoms with Gasteiger partial charge in [-0.1, -0.05) is 17.7 Å². The van der Waals surface area contributed by atoms with Crippen molar-refractivity contribution in [1.29, 1.82) is 0 Å². The summed E-state index contributed by atoms with van der Waals surface area (Å²) in [7, 11) is 1.47. The van der Waals surface area contributed by atoms with Crippen LogP contribution in [0.15, 0.2) is 30.4 Å². The molecular formula is C14H15NO4. The summed E-state index contributed by atoms with van der Waals surface area (Å²) in [6.07, 6.45) is 0.0638. The van der Waals surface area contributed by atoms with Gasteiger partial charge in [-0.2, -0.15) is 0 Å². The van der Waals surface area contributed by atoms with E-state index in [-0.39, 0.29) is 6.42 Å². The van der Waals surface area contributed by atoms with Crippen LogP contribution < -0.4 is 10.1 Å². The lowest BCUT2D eigenvalue weighted by Gasteiger charge is -2.22. The molecule has 1 amide bonds. The number of methoxy groups -OCH3 is 1. The summed E-state index contributed by atoms with van der Waals surface area (Å²) in [6, 6.07) is 4.98. The Morgan fingerprint density at radius 2 is 2.21 bits per heavy atom. The lowest BCUT2D eigenvalue weighted by atomic mass is 9.76. The van der Waals surface area contributed by atoms with Gasteiger partial charge in [0, 0.05) is 5.56 Å². The molecule has 0 bridgehead atoms. The molecule has 0 fully saturated rings. The number of nitrogens with one attached hydrogen (secondary N) is 1. The number of rotatable bonds is 4. The zero-order valence-electron chi connectivity index (χ0n) is 10.8. The summed E-state index contributed by atoms with van der Waals surface area (Å²) < 4.78 is 5.15. The topological polar surface area (TPSA) is 75.6 Å². The van der Waals surface area contributed by atoms with Gasteiger partial charge in [0.2, 0.25) is 5.91 Å². The van der Waals surface area contributed by atoms with E-state index in [0.717, 1.165) is 0 Å². The van der Waals surface area contributed by atoms with Crippen molar-refractivity contribution in [1.82, 2.24) is 0 Å². The molecular weight excluding hydrogens is 246 g/mol. The summed E-state index contributed by atoms with van der Waals surface area (Å²) in [6.45, 7) is 5.43. The minimum atomic E-state index is -1.62. The van der Waals surface area contributed by atoms with E-state index in [9.17, 15) is 14.7 Å². The van der Waals surface area contributed by atoms with Crippen LogP contribution in [-0.2, 0) is 15.0 Å².